The molecule has 2 rings (SSSR count). The zero-order valence-corrected chi connectivity index (χ0v) is 16.0. The number of carbonyl (C=O) groups excluding carboxylic acids is 2. The van der Waals surface area contributed by atoms with E-state index in [-0.39, 0.29) is 29.1 Å². The fourth-order valence-electron chi connectivity index (χ4n) is 2.64. The number of thioether (sulfide) groups is 1. The van der Waals surface area contributed by atoms with Gasteiger partial charge in [0.2, 0.25) is 11.8 Å². The van der Waals surface area contributed by atoms with Gasteiger partial charge in [-0.05, 0) is 18.4 Å². The third-order valence-electron chi connectivity index (χ3n) is 4.51. The Morgan fingerprint density at radius 3 is 2.29 bits per heavy atom. The number of nitrogens with one attached hydrogen (secondary N) is 1. The van der Waals surface area contributed by atoms with Crippen LogP contribution in [0, 0.1) is 11.8 Å². The number of rotatable bonds is 5. The van der Waals surface area contributed by atoms with Crippen LogP contribution < -0.4 is 5.32 Å². The summed E-state index contributed by atoms with van der Waals surface area (Å²) < 4.78 is 0. The zero-order valence-electron chi connectivity index (χ0n) is 15.2. The largest absolute Gasteiger partial charge is 0.352 e. The molecule has 1 aliphatic heterocycles. The molecular weight excluding hydrogens is 320 g/mol. The monoisotopic (exact) mass is 348 g/mol. The lowest BCUT2D eigenvalue weighted by Gasteiger charge is -2.31. The molecule has 1 N–H and O–H groups in total. The minimum absolute atomic E-state index is 0.0335. The Bertz CT molecular complexity index is 574. The third-order valence-corrected chi connectivity index (χ3v) is 5.83. The zero-order chi connectivity index (χ0) is 17.9. The van der Waals surface area contributed by atoms with Crippen molar-refractivity contribution in [2.45, 2.75) is 52.1 Å². The topological polar surface area (TPSA) is 49.4 Å². The van der Waals surface area contributed by atoms with Gasteiger partial charge in [-0.25, -0.2) is 0 Å². The van der Waals surface area contributed by atoms with E-state index in [2.05, 4.69) is 19.2 Å². The lowest BCUT2D eigenvalue weighted by atomic mass is 10.1. The molecule has 24 heavy (non-hydrogen) atoms. The highest BCUT2D eigenvalue weighted by Crippen LogP contribution is 2.42. The molecule has 1 aliphatic rings. The minimum atomic E-state index is -0.406. The van der Waals surface area contributed by atoms with Crippen LogP contribution in [0.4, 0.5) is 0 Å². The molecule has 5 heteroatoms. The molecule has 0 spiro atoms. The lowest BCUT2D eigenvalue weighted by molar-refractivity contribution is -0.142. The van der Waals surface area contributed by atoms with E-state index < -0.39 is 6.04 Å². The van der Waals surface area contributed by atoms with Gasteiger partial charge in [-0.3, -0.25) is 9.59 Å². The normalized spacial score (nSPS) is 22.0. The molecule has 3 unspecified atom stereocenters. The molecule has 4 nitrogen and oxygen atoms in total. The Kier molecular flexibility index (Phi) is 6.33. The van der Waals surface area contributed by atoms with Gasteiger partial charge in [0.05, 0.1) is 0 Å². The van der Waals surface area contributed by atoms with Gasteiger partial charge in [0.25, 0.3) is 0 Å². The molecule has 132 valence electrons. The first-order valence-corrected chi connectivity index (χ1v) is 9.67. The van der Waals surface area contributed by atoms with Crippen LogP contribution >= 0.6 is 11.8 Å². The van der Waals surface area contributed by atoms with Gasteiger partial charge < -0.3 is 10.2 Å². The van der Waals surface area contributed by atoms with Gasteiger partial charge in [0.15, 0.2) is 0 Å². The number of amides is 2. The van der Waals surface area contributed by atoms with Crippen molar-refractivity contribution in [3.05, 3.63) is 35.9 Å². The third kappa shape index (κ3) is 4.12. The first kappa shape index (κ1) is 18.8. The number of nitrogens with zero attached hydrogens (tertiary/aromatic N) is 1. The fraction of sp³-hybridized carbons (Fsp3) is 0.579. The van der Waals surface area contributed by atoms with Crippen molar-refractivity contribution in [3.8, 4) is 0 Å². The maximum atomic E-state index is 12.8. The molecule has 1 saturated heterocycles. The highest BCUT2D eigenvalue weighted by Gasteiger charge is 2.43. The quantitative estimate of drug-likeness (QED) is 0.887. The minimum Gasteiger partial charge on any atom is -0.352 e. The molecule has 3 atom stereocenters. The number of carbonyl (C=O) groups is 2. The van der Waals surface area contributed by atoms with E-state index in [1.165, 1.54) is 0 Å². The molecule has 1 aromatic rings. The van der Waals surface area contributed by atoms with Crippen molar-refractivity contribution in [2.75, 3.05) is 5.75 Å². The van der Waals surface area contributed by atoms with E-state index in [1.54, 1.807) is 16.7 Å². The summed E-state index contributed by atoms with van der Waals surface area (Å²) in [5.74, 6) is 0.853. The van der Waals surface area contributed by atoms with Gasteiger partial charge in [-0.15, -0.1) is 11.8 Å². The van der Waals surface area contributed by atoms with Gasteiger partial charge in [0.1, 0.15) is 11.4 Å². The average Bonchev–Trinajstić information content (AvgIpc) is 2.99. The molecule has 0 radical (unpaired) electrons. The maximum absolute atomic E-state index is 12.8. The molecule has 0 bridgehead atoms. The number of hydrogen-bond acceptors (Lipinski definition) is 3. The van der Waals surface area contributed by atoms with E-state index in [9.17, 15) is 9.59 Å². The molecule has 1 heterocycles. The predicted octanol–water partition coefficient (Wildman–Crippen LogP) is 3.45. The molecule has 1 aromatic carbocycles. The van der Waals surface area contributed by atoms with E-state index in [1.807, 2.05) is 51.1 Å². The number of benzene rings is 1. The summed E-state index contributed by atoms with van der Waals surface area (Å²) in [6.45, 7) is 9.95. The van der Waals surface area contributed by atoms with E-state index in [4.69, 9.17) is 0 Å². The van der Waals surface area contributed by atoms with Gasteiger partial charge in [-0.2, -0.15) is 0 Å². The highest BCUT2D eigenvalue weighted by molar-refractivity contribution is 7.99. The summed E-state index contributed by atoms with van der Waals surface area (Å²) in [6.07, 6.45) is 0. The van der Waals surface area contributed by atoms with E-state index in [0.29, 0.717) is 11.7 Å². The van der Waals surface area contributed by atoms with Crippen LogP contribution in [0.15, 0.2) is 30.3 Å². The molecular formula is C19H28N2O2S. The first-order valence-electron chi connectivity index (χ1n) is 8.62. The second-order valence-corrected chi connectivity index (χ2v) is 8.17. The van der Waals surface area contributed by atoms with Crippen LogP contribution in [0.3, 0.4) is 0 Å². The van der Waals surface area contributed by atoms with Crippen LogP contribution in [0.1, 0.15) is 45.6 Å². The molecule has 1 fully saturated rings. The van der Waals surface area contributed by atoms with Crippen molar-refractivity contribution >= 4 is 23.6 Å². The van der Waals surface area contributed by atoms with Crippen LogP contribution in [0.5, 0.6) is 0 Å². The Morgan fingerprint density at radius 2 is 1.75 bits per heavy atom. The molecule has 2 amide bonds. The lowest BCUT2D eigenvalue weighted by Crippen LogP contribution is -2.51. The summed E-state index contributed by atoms with van der Waals surface area (Å²) in [5.41, 5.74) is 1.07. The predicted molar refractivity (Wildman–Crippen MR) is 99.6 cm³/mol. The van der Waals surface area contributed by atoms with Crippen molar-refractivity contribution in [2.24, 2.45) is 11.8 Å². The second kappa shape index (κ2) is 8.06. The second-order valence-electron chi connectivity index (χ2n) is 7.05. The number of hydrogen-bond donors (Lipinski definition) is 1. The molecule has 0 aromatic heterocycles. The Hall–Kier alpha value is -1.49. The fourth-order valence-corrected chi connectivity index (χ4v) is 4.07. The summed E-state index contributed by atoms with van der Waals surface area (Å²) >= 11 is 1.67. The van der Waals surface area contributed by atoms with Crippen LogP contribution in [0.25, 0.3) is 0 Å². The maximum Gasteiger partial charge on any atom is 0.243 e. The van der Waals surface area contributed by atoms with Crippen LogP contribution in [-0.4, -0.2) is 34.6 Å². The van der Waals surface area contributed by atoms with Gasteiger partial charge in [0, 0.05) is 17.7 Å². The summed E-state index contributed by atoms with van der Waals surface area (Å²) in [4.78, 5) is 27.3. The summed E-state index contributed by atoms with van der Waals surface area (Å²) in [6, 6.07) is 9.65. The van der Waals surface area contributed by atoms with Crippen molar-refractivity contribution in [3.63, 3.8) is 0 Å². The van der Waals surface area contributed by atoms with E-state index >= 15 is 0 Å². The smallest absolute Gasteiger partial charge is 0.243 e. The standard InChI is InChI=1S/C19H28N2O2S/c1-12(2)14(5)20-17(22)16-11-24-19(15-9-7-6-8-10-15)21(16)18(23)13(3)4/h6-10,12-14,16,19H,11H2,1-5H3,(H,20,22). The Morgan fingerprint density at radius 1 is 1.12 bits per heavy atom. The molecule has 0 aliphatic carbocycles. The van der Waals surface area contributed by atoms with Crippen molar-refractivity contribution in [1.29, 1.82) is 0 Å². The highest BCUT2D eigenvalue weighted by atomic mass is 32.2. The average molecular weight is 349 g/mol. The Labute approximate surface area is 149 Å². The van der Waals surface area contributed by atoms with Crippen molar-refractivity contribution in [1.82, 2.24) is 10.2 Å². The van der Waals surface area contributed by atoms with Crippen LogP contribution in [-0.2, 0) is 9.59 Å². The summed E-state index contributed by atoms with van der Waals surface area (Å²) in [7, 11) is 0. The van der Waals surface area contributed by atoms with E-state index in [0.717, 1.165) is 5.56 Å². The van der Waals surface area contributed by atoms with Gasteiger partial charge >= 0.3 is 0 Å². The first-order chi connectivity index (χ1) is 11.3. The molecule has 0 saturated carbocycles. The SMILES string of the molecule is CC(C)C(=O)N1C(C(=O)NC(C)C(C)C)CSC1c1ccccc1. The van der Waals surface area contributed by atoms with Crippen LogP contribution in [0.2, 0.25) is 0 Å². The van der Waals surface area contributed by atoms with Gasteiger partial charge in [-0.1, -0.05) is 58.0 Å². The van der Waals surface area contributed by atoms with Crippen molar-refractivity contribution < 1.29 is 9.59 Å². The Balaban J connectivity index is 2.24. The summed E-state index contributed by atoms with van der Waals surface area (Å²) in [5, 5.41) is 2.98.